The number of rotatable bonds is 5. The van der Waals surface area contributed by atoms with Crippen LogP contribution in [0.5, 0.6) is 0 Å². The number of thiocyanates is 1. The fourth-order valence-corrected chi connectivity index (χ4v) is 2.59. The summed E-state index contributed by atoms with van der Waals surface area (Å²) in [7, 11) is 2.68. The van der Waals surface area contributed by atoms with E-state index in [1.54, 1.807) is 21.3 Å². The van der Waals surface area contributed by atoms with E-state index in [4.69, 9.17) is 18.5 Å². The van der Waals surface area contributed by atoms with E-state index < -0.39 is 8.80 Å². The van der Waals surface area contributed by atoms with Crippen molar-refractivity contribution in [3.63, 3.8) is 0 Å². The summed E-state index contributed by atoms with van der Waals surface area (Å²) >= 11 is 3.09. The third-order valence-corrected chi connectivity index (χ3v) is 4.47. The van der Waals surface area contributed by atoms with E-state index in [0.717, 1.165) is 12.5 Å². The highest BCUT2D eigenvalue weighted by Crippen LogP contribution is 2.13. The minimum absolute atomic E-state index is 0.885. The Morgan fingerprint density at radius 3 is 1.62 bits per heavy atom. The molecule has 0 aromatic carbocycles. The SMILES string of the molecule is CCC[Si](OC)(OC)OC.N#CS. The number of hydrogen-bond acceptors (Lipinski definition) is 5. The molecular weight excluding hydrogens is 206 g/mol. The van der Waals surface area contributed by atoms with Crippen LogP contribution in [-0.4, -0.2) is 30.1 Å². The highest BCUT2D eigenvalue weighted by atomic mass is 32.1. The van der Waals surface area contributed by atoms with Crippen LogP contribution in [0, 0.1) is 10.7 Å². The fourth-order valence-electron chi connectivity index (χ4n) is 0.862. The molecule has 0 aromatic heterocycles. The van der Waals surface area contributed by atoms with Crippen LogP contribution in [-0.2, 0) is 13.3 Å². The van der Waals surface area contributed by atoms with Crippen LogP contribution in [0.1, 0.15) is 13.3 Å². The standard InChI is InChI=1S/C6H16O3Si.CHNS/c1-5-6-10(7-2,8-3)9-4;2-1-3/h5-6H2,1-4H3;3H. The maximum absolute atomic E-state index is 7.18. The molecule has 0 unspecified atom stereocenters. The van der Waals surface area contributed by atoms with Gasteiger partial charge in [-0.3, -0.25) is 0 Å². The molecule has 0 aliphatic heterocycles. The molecule has 0 atom stereocenters. The van der Waals surface area contributed by atoms with Crippen molar-refractivity contribution in [1.82, 2.24) is 0 Å². The molecule has 0 aliphatic carbocycles. The Labute approximate surface area is 86.6 Å². The molecule has 0 aliphatic rings. The first-order chi connectivity index (χ1) is 6.16. The maximum atomic E-state index is 7.18. The summed E-state index contributed by atoms with van der Waals surface area (Å²) in [5, 5.41) is 8.63. The summed E-state index contributed by atoms with van der Waals surface area (Å²) in [5.41, 5.74) is 0. The molecule has 78 valence electrons. The number of nitriles is 1. The van der Waals surface area contributed by atoms with Gasteiger partial charge in [-0.2, -0.15) is 5.26 Å². The minimum Gasteiger partial charge on any atom is -0.377 e. The highest BCUT2D eigenvalue weighted by Gasteiger charge is 2.36. The minimum atomic E-state index is -2.22. The fraction of sp³-hybridized carbons (Fsp3) is 0.857. The van der Waals surface area contributed by atoms with Gasteiger partial charge in [0.1, 0.15) is 5.40 Å². The average Bonchev–Trinajstić information content (AvgIpc) is 2.16. The van der Waals surface area contributed by atoms with Gasteiger partial charge in [0.25, 0.3) is 0 Å². The van der Waals surface area contributed by atoms with E-state index in [1.165, 1.54) is 5.40 Å². The third-order valence-electron chi connectivity index (χ3n) is 1.49. The zero-order valence-corrected chi connectivity index (χ0v) is 10.4. The molecule has 4 nitrogen and oxygen atoms in total. The number of nitrogens with zero attached hydrogens (tertiary/aromatic N) is 1. The van der Waals surface area contributed by atoms with Crippen LogP contribution < -0.4 is 0 Å². The number of thiol groups is 1. The summed E-state index contributed by atoms with van der Waals surface area (Å²) in [4.78, 5) is 0. The summed E-state index contributed by atoms with van der Waals surface area (Å²) in [6.07, 6.45) is 1.03. The van der Waals surface area contributed by atoms with Gasteiger partial charge in [-0.1, -0.05) is 26.0 Å². The summed E-state index contributed by atoms with van der Waals surface area (Å²) in [5.74, 6) is 0. The van der Waals surface area contributed by atoms with E-state index in [9.17, 15) is 0 Å². The molecule has 0 fully saturated rings. The van der Waals surface area contributed by atoms with Gasteiger partial charge in [0.2, 0.25) is 0 Å². The molecular formula is C7H17NO3SSi. The van der Waals surface area contributed by atoms with Gasteiger partial charge in [-0.05, 0) is 0 Å². The van der Waals surface area contributed by atoms with Crippen molar-refractivity contribution in [2.24, 2.45) is 0 Å². The number of hydrogen-bond donors (Lipinski definition) is 1. The Balaban J connectivity index is 0. The summed E-state index contributed by atoms with van der Waals surface area (Å²) in [6, 6.07) is 0.885. The zero-order chi connectivity index (χ0) is 10.7. The molecule has 0 aromatic rings. The van der Waals surface area contributed by atoms with Crippen molar-refractivity contribution in [2.45, 2.75) is 19.4 Å². The third kappa shape index (κ3) is 7.04. The van der Waals surface area contributed by atoms with Crippen molar-refractivity contribution in [1.29, 1.82) is 5.26 Å². The second-order valence-corrected chi connectivity index (χ2v) is 5.44. The molecule has 0 spiro atoms. The second-order valence-electron chi connectivity index (χ2n) is 2.15. The molecule has 0 rings (SSSR count). The quantitative estimate of drug-likeness (QED) is 0.437. The Morgan fingerprint density at radius 2 is 1.54 bits per heavy atom. The zero-order valence-electron chi connectivity index (χ0n) is 8.53. The molecule has 0 radical (unpaired) electrons. The lowest BCUT2D eigenvalue weighted by Gasteiger charge is -2.23. The average molecular weight is 223 g/mol. The Bertz CT molecular complexity index is 139. The van der Waals surface area contributed by atoms with Gasteiger partial charge in [0.15, 0.2) is 0 Å². The van der Waals surface area contributed by atoms with E-state index in [2.05, 4.69) is 19.6 Å². The van der Waals surface area contributed by atoms with Crippen molar-refractivity contribution >= 4 is 21.4 Å². The van der Waals surface area contributed by atoms with Crippen LogP contribution in [0.3, 0.4) is 0 Å². The van der Waals surface area contributed by atoms with E-state index in [1.807, 2.05) is 0 Å². The Morgan fingerprint density at radius 1 is 1.23 bits per heavy atom. The van der Waals surface area contributed by atoms with E-state index in [0.29, 0.717) is 0 Å². The molecule has 6 heteroatoms. The molecule has 0 heterocycles. The molecule has 13 heavy (non-hydrogen) atoms. The van der Waals surface area contributed by atoms with Gasteiger partial charge in [-0.25, -0.2) is 0 Å². The van der Waals surface area contributed by atoms with E-state index >= 15 is 0 Å². The van der Waals surface area contributed by atoms with Crippen LogP contribution >= 0.6 is 12.6 Å². The van der Waals surface area contributed by atoms with Crippen molar-refractivity contribution in [3.8, 4) is 5.40 Å². The first-order valence-corrected chi connectivity index (χ1v) is 6.22. The van der Waals surface area contributed by atoms with Gasteiger partial charge in [0.05, 0.1) is 0 Å². The Kier molecular flexibility index (Phi) is 11.9. The van der Waals surface area contributed by atoms with Crippen molar-refractivity contribution < 1.29 is 13.3 Å². The second kappa shape index (κ2) is 10.0. The van der Waals surface area contributed by atoms with Crippen LogP contribution in [0.25, 0.3) is 0 Å². The Hall–Kier alpha value is -0.0631. The smallest absolute Gasteiger partial charge is 0.377 e. The molecule has 0 saturated carbocycles. The van der Waals surface area contributed by atoms with Gasteiger partial charge in [-0.15, -0.1) is 0 Å². The topological polar surface area (TPSA) is 51.5 Å². The highest BCUT2D eigenvalue weighted by molar-refractivity contribution is 7.85. The molecule has 0 amide bonds. The lowest BCUT2D eigenvalue weighted by molar-refractivity contribution is 0.123. The van der Waals surface area contributed by atoms with Crippen LogP contribution in [0.2, 0.25) is 6.04 Å². The predicted molar refractivity (Wildman–Crippen MR) is 56.5 cm³/mol. The normalized spacial score (nSPS) is 9.85. The summed E-state index contributed by atoms with van der Waals surface area (Å²) < 4.78 is 15.5. The van der Waals surface area contributed by atoms with Gasteiger partial charge < -0.3 is 13.3 Å². The van der Waals surface area contributed by atoms with Crippen LogP contribution in [0.15, 0.2) is 0 Å². The van der Waals surface area contributed by atoms with Gasteiger partial charge in [0, 0.05) is 27.4 Å². The monoisotopic (exact) mass is 223 g/mol. The largest absolute Gasteiger partial charge is 0.500 e. The summed E-state index contributed by atoms with van der Waals surface area (Å²) in [6.45, 7) is 2.08. The lowest BCUT2D eigenvalue weighted by atomic mass is 10.6. The first-order valence-electron chi connectivity index (χ1n) is 3.84. The van der Waals surface area contributed by atoms with Crippen molar-refractivity contribution in [2.75, 3.05) is 21.3 Å². The molecule has 0 saturated heterocycles. The van der Waals surface area contributed by atoms with E-state index in [-0.39, 0.29) is 0 Å². The predicted octanol–water partition coefficient (Wildman–Crippen LogP) is 1.67. The van der Waals surface area contributed by atoms with Crippen LogP contribution in [0.4, 0.5) is 0 Å². The maximum Gasteiger partial charge on any atom is 0.500 e. The lowest BCUT2D eigenvalue weighted by Crippen LogP contribution is -2.42. The molecule has 0 N–H and O–H groups in total. The first kappa shape index (κ1) is 15.4. The van der Waals surface area contributed by atoms with Gasteiger partial charge >= 0.3 is 8.80 Å². The van der Waals surface area contributed by atoms with Crippen molar-refractivity contribution in [3.05, 3.63) is 0 Å². The molecule has 0 bridgehead atoms.